The number of carbonyl (C=O) groups excluding carboxylic acids is 2. The highest BCUT2D eigenvalue weighted by Gasteiger charge is 2.17. The van der Waals surface area contributed by atoms with E-state index >= 15 is 0 Å². The van der Waals surface area contributed by atoms with Crippen LogP contribution in [0.3, 0.4) is 0 Å². The van der Waals surface area contributed by atoms with E-state index in [1.165, 1.54) is 6.20 Å². The molecular weight excluding hydrogens is 406 g/mol. The van der Waals surface area contributed by atoms with Crippen LogP contribution in [0.1, 0.15) is 34.5 Å². The molecule has 0 saturated carbocycles. The van der Waals surface area contributed by atoms with Crippen molar-refractivity contribution in [2.45, 2.75) is 33.2 Å². The number of hydrogen-bond acceptors (Lipinski definition) is 6. The molecule has 9 nitrogen and oxygen atoms in total. The number of fused-ring (bicyclic) bond motifs is 1. The van der Waals surface area contributed by atoms with Crippen molar-refractivity contribution in [3.05, 3.63) is 58.5 Å². The van der Waals surface area contributed by atoms with Gasteiger partial charge in [-0.1, -0.05) is 12.1 Å². The highest BCUT2D eigenvalue weighted by Crippen LogP contribution is 2.19. The second kappa shape index (κ2) is 9.06. The molecule has 1 fully saturated rings. The molecule has 1 aliphatic heterocycles. The van der Waals surface area contributed by atoms with Gasteiger partial charge in [0.15, 0.2) is 5.65 Å². The van der Waals surface area contributed by atoms with Gasteiger partial charge in [0.1, 0.15) is 11.6 Å². The highest BCUT2D eigenvalue weighted by atomic mass is 16.2. The van der Waals surface area contributed by atoms with E-state index < -0.39 is 0 Å². The van der Waals surface area contributed by atoms with Gasteiger partial charge in [0.25, 0.3) is 0 Å². The largest absolute Gasteiger partial charge is 0.360 e. The van der Waals surface area contributed by atoms with Gasteiger partial charge in [0, 0.05) is 43.1 Å². The van der Waals surface area contributed by atoms with Crippen molar-refractivity contribution in [2.24, 2.45) is 0 Å². The molecule has 2 amide bonds. The Hall–Kier alpha value is -3.93. The van der Waals surface area contributed by atoms with Gasteiger partial charge in [0.05, 0.1) is 12.7 Å². The predicted octanol–water partition coefficient (Wildman–Crippen LogP) is 1.40. The lowest BCUT2D eigenvalue weighted by molar-refractivity contribution is -0.121. The van der Waals surface area contributed by atoms with E-state index in [4.69, 9.17) is 0 Å². The van der Waals surface area contributed by atoms with Crippen molar-refractivity contribution in [3.8, 4) is 6.07 Å². The number of aryl methyl sites for hydroxylation is 2. The summed E-state index contributed by atoms with van der Waals surface area (Å²) in [6, 6.07) is 10.0. The van der Waals surface area contributed by atoms with Crippen LogP contribution < -0.4 is 15.5 Å². The fourth-order valence-electron chi connectivity index (χ4n) is 3.96. The molecule has 3 heterocycles. The topological polar surface area (TPSA) is 115 Å². The summed E-state index contributed by atoms with van der Waals surface area (Å²) in [5.41, 5.74) is 5.65. The first-order valence-electron chi connectivity index (χ1n) is 10.6. The Morgan fingerprint density at radius 2 is 2.06 bits per heavy atom. The Labute approximate surface area is 186 Å². The van der Waals surface area contributed by atoms with Crippen molar-refractivity contribution in [3.63, 3.8) is 0 Å². The highest BCUT2D eigenvalue weighted by molar-refractivity contribution is 5.82. The van der Waals surface area contributed by atoms with Gasteiger partial charge in [0.2, 0.25) is 11.8 Å². The van der Waals surface area contributed by atoms with Gasteiger partial charge in [-0.15, -0.1) is 0 Å². The van der Waals surface area contributed by atoms with Crippen LogP contribution in [0.15, 0.2) is 30.5 Å². The number of piperazine rings is 1. The van der Waals surface area contributed by atoms with E-state index in [1.54, 1.807) is 4.52 Å². The average Bonchev–Trinajstić information content (AvgIpc) is 3.21. The third-order valence-electron chi connectivity index (χ3n) is 5.76. The molecule has 2 N–H and O–H groups in total. The van der Waals surface area contributed by atoms with E-state index in [1.807, 2.05) is 43.0 Å². The Balaban J connectivity index is 1.33. The summed E-state index contributed by atoms with van der Waals surface area (Å²) in [5, 5.41) is 19.2. The van der Waals surface area contributed by atoms with Crippen LogP contribution in [0.4, 0.5) is 5.69 Å². The van der Waals surface area contributed by atoms with Gasteiger partial charge in [-0.3, -0.25) is 9.59 Å². The number of rotatable bonds is 6. The Kier molecular flexibility index (Phi) is 6.03. The second-order valence-electron chi connectivity index (χ2n) is 7.88. The van der Waals surface area contributed by atoms with Crippen molar-refractivity contribution >= 4 is 23.1 Å². The fraction of sp³-hybridized carbons (Fsp3) is 0.348. The lowest BCUT2D eigenvalue weighted by atomic mass is 10.1. The molecule has 4 rings (SSSR count). The van der Waals surface area contributed by atoms with Crippen LogP contribution >= 0.6 is 0 Å². The van der Waals surface area contributed by atoms with E-state index in [0.717, 1.165) is 34.7 Å². The zero-order valence-corrected chi connectivity index (χ0v) is 18.2. The Morgan fingerprint density at radius 1 is 1.28 bits per heavy atom. The number of amides is 2. The number of carbonyl (C=O) groups is 2. The van der Waals surface area contributed by atoms with E-state index in [-0.39, 0.29) is 11.8 Å². The first-order valence-corrected chi connectivity index (χ1v) is 10.6. The van der Waals surface area contributed by atoms with Crippen LogP contribution in [-0.2, 0) is 22.6 Å². The molecule has 0 radical (unpaired) electrons. The van der Waals surface area contributed by atoms with Crippen molar-refractivity contribution < 1.29 is 9.59 Å². The summed E-state index contributed by atoms with van der Waals surface area (Å²) in [6.07, 6.45) is 2.39. The van der Waals surface area contributed by atoms with Crippen molar-refractivity contribution in [1.82, 2.24) is 25.2 Å². The zero-order valence-electron chi connectivity index (χ0n) is 18.2. The lowest BCUT2D eigenvalue weighted by Crippen LogP contribution is -2.47. The first-order chi connectivity index (χ1) is 15.5. The summed E-state index contributed by atoms with van der Waals surface area (Å²) < 4.78 is 1.66. The maximum absolute atomic E-state index is 12.4. The molecule has 32 heavy (non-hydrogen) atoms. The molecule has 0 atom stereocenters. The molecule has 164 valence electrons. The molecule has 9 heteroatoms. The third kappa shape index (κ3) is 4.39. The van der Waals surface area contributed by atoms with Gasteiger partial charge in [-0.2, -0.15) is 10.4 Å². The molecule has 0 spiro atoms. The maximum atomic E-state index is 12.4. The number of nitriles is 1. The summed E-state index contributed by atoms with van der Waals surface area (Å²) in [4.78, 5) is 30.5. The smallest absolute Gasteiger partial charge is 0.239 e. The summed E-state index contributed by atoms with van der Waals surface area (Å²) >= 11 is 0. The zero-order chi connectivity index (χ0) is 22.7. The van der Waals surface area contributed by atoms with Crippen molar-refractivity contribution in [1.29, 1.82) is 5.26 Å². The van der Waals surface area contributed by atoms with Crippen LogP contribution in [0.25, 0.3) is 5.65 Å². The third-order valence-corrected chi connectivity index (χ3v) is 5.76. The van der Waals surface area contributed by atoms with Gasteiger partial charge in [-0.25, -0.2) is 9.50 Å². The lowest BCUT2D eigenvalue weighted by Gasteiger charge is -2.28. The molecule has 0 bridgehead atoms. The predicted molar refractivity (Wildman–Crippen MR) is 119 cm³/mol. The molecule has 1 aromatic carbocycles. The summed E-state index contributed by atoms with van der Waals surface area (Å²) in [7, 11) is 0. The van der Waals surface area contributed by atoms with Gasteiger partial charge in [-0.05, 0) is 43.5 Å². The van der Waals surface area contributed by atoms with Crippen LogP contribution in [-0.4, -0.2) is 46.0 Å². The summed E-state index contributed by atoms with van der Waals surface area (Å²) in [5.74, 6) is -0.00988. The van der Waals surface area contributed by atoms with Crippen molar-refractivity contribution in [2.75, 3.05) is 24.5 Å². The summed E-state index contributed by atoms with van der Waals surface area (Å²) in [6.45, 7) is 6.07. The average molecular weight is 432 g/mol. The SMILES string of the molecule is Cc1nc2c(C#N)cnn2c(C)c1CCC(=O)NCc1ccc(N2CCNC(=O)C2)cc1. The molecule has 1 aliphatic rings. The number of hydrogen-bond donors (Lipinski definition) is 2. The molecule has 1 saturated heterocycles. The molecule has 0 unspecified atom stereocenters. The van der Waals surface area contributed by atoms with Crippen LogP contribution in [0.2, 0.25) is 0 Å². The van der Waals surface area contributed by atoms with Crippen LogP contribution in [0.5, 0.6) is 0 Å². The first kappa shape index (κ1) is 21.3. The number of nitrogens with one attached hydrogen (secondary N) is 2. The molecule has 3 aromatic rings. The van der Waals surface area contributed by atoms with E-state index in [2.05, 4.69) is 26.8 Å². The maximum Gasteiger partial charge on any atom is 0.239 e. The molecule has 0 aliphatic carbocycles. The van der Waals surface area contributed by atoms with Crippen LogP contribution in [0, 0.1) is 25.2 Å². The minimum absolute atomic E-state index is 0.0328. The molecular formula is C23H25N7O2. The van der Waals surface area contributed by atoms with E-state index in [9.17, 15) is 14.9 Å². The normalized spacial score (nSPS) is 13.7. The van der Waals surface area contributed by atoms with E-state index in [0.29, 0.717) is 43.7 Å². The second-order valence-corrected chi connectivity index (χ2v) is 7.88. The molecule has 2 aromatic heterocycles. The van der Waals surface area contributed by atoms with Gasteiger partial charge >= 0.3 is 0 Å². The minimum atomic E-state index is -0.0427. The number of anilines is 1. The Morgan fingerprint density at radius 3 is 2.78 bits per heavy atom. The minimum Gasteiger partial charge on any atom is -0.360 e. The quantitative estimate of drug-likeness (QED) is 0.610. The number of benzene rings is 1. The fourth-order valence-corrected chi connectivity index (χ4v) is 3.96. The Bertz CT molecular complexity index is 1210. The number of aromatic nitrogens is 3. The number of nitrogens with zero attached hydrogens (tertiary/aromatic N) is 5. The monoisotopic (exact) mass is 431 g/mol. The standard InChI is InChI=1S/C23H25N7O2/c1-15-20(16(2)30-23(28-15)18(11-24)13-27-30)7-8-21(31)26-12-17-3-5-19(6-4-17)29-10-9-25-22(32)14-29/h3-6,13H,7-10,12,14H2,1-2H3,(H,25,32)(H,26,31). The van der Waals surface area contributed by atoms with Gasteiger partial charge < -0.3 is 15.5 Å².